The predicted octanol–water partition coefficient (Wildman–Crippen LogP) is 3.33. The first kappa shape index (κ1) is 8.46. The maximum Gasteiger partial charge on any atom is 0.127 e. The summed E-state index contributed by atoms with van der Waals surface area (Å²) in [5, 5.41) is 0.579. The van der Waals surface area contributed by atoms with Crippen LogP contribution in [0.3, 0.4) is 0 Å². The first-order valence-electron chi connectivity index (χ1n) is 2.74. The molecule has 0 spiro atoms. The Labute approximate surface area is 81.1 Å². The Bertz CT molecular complexity index is 237. The Balaban J connectivity index is 3.09. The van der Waals surface area contributed by atoms with Crippen LogP contribution in [-0.4, -0.2) is 0 Å². The highest BCUT2D eigenvalue weighted by molar-refractivity contribution is 14.1. The highest BCUT2D eigenvalue weighted by Gasteiger charge is 1.98. The third kappa shape index (κ3) is 1.92. The van der Waals surface area contributed by atoms with Crippen LogP contribution in [-0.2, 0) is 5.33 Å². The molecule has 1 rings (SSSR count). The van der Waals surface area contributed by atoms with Crippen LogP contribution < -0.4 is 0 Å². The Hall–Kier alpha value is 0.360. The maximum atomic E-state index is 12.7. The summed E-state index contributed by atoms with van der Waals surface area (Å²) in [5.41, 5.74) is 0.715. The Kier molecular flexibility index (Phi) is 3.10. The van der Waals surface area contributed by atoms with Crippen LogP contribution in [0.2, 0.25) is 0 Å². The van der Waals surface area contributed by atoms with Gasteiger partial charge in [-0.25, -0.2) is 4.39 Å². The van der Waals surface area contributed by atoms with Crippen LogP contribution in [0.25, 0.3) is 0 Å². The molecule has 0 N–H and O–H groups in total. The van der Waals surface area contributed by atoms with Crippen LogP contribution in [0.15, 0.2) is 18.2 Å². The van der Waals surface area contributed by atoms with Gasteiger partial charge in [0.1, 0.15) is 5.82 Å². The molecule has 0 aliphatic carbocycles. The highest BCUT2D eigenvalue weighted by Crippen LogP contribution is 2.14. The van der Waals surface area contributed by atoms with Gasteiger partial charge in [-0.15, -0.1) is 0 Å². The van der Waals surface area contributed by atoms with Gasteiger partial charge in [0.2, 0.25) is 0 Å². The normalized spacial score (nSPS) is 9.90. The lowest BCUT2D eigenvalue weighted by Gasteiger charge is -1.97. The van der Waals surface area contributed by atoms with Gasteiger partial charge in [0, 0.05) is 8.90 Å². The SMILES string of the molecule is Fc1ccc(I)cc1CBr. The van der Waals surface area contributed by atoms with E-state index >= 15 is 0 Å². The highest BCUT2D eigenvalue weighted by atomic mass is 127. The van der Waals surface area contributed by atoms with Crippen molar-refractivity contribution in [2.24, 2.45) is 0 Å². The Morgan fingerprint density at radius 1 is 1.50 bits per heavy atom. The number of alkyl halides is 1. The van der Waals surface area contributed by atoms with Gasteiger partial charge in [-0.1, -0.05) is 15.9 Å². The van der Waals surface area contributed by atoms with E-state index in [1.165, 1.54) is 6.07 Å². The first-order valence-corrected chi connectivity index (χ1v) is 4.94. The van der Waals surface area contributed by atoms with E-state index in [4.69, 9.17) is 0 Å². The molecule has 3 heteroatoms. The molecular weight excluding hydrogens is 310 g/mol. The molecule has 1 aromatic rings. The minimum Gasteiger partial charge on any atom is -0.207 e. The van der Waals surface area contributed by atoms with E-state index in [9.17, 15) is 4.39 Å². The quantitative estimate of drug-likeness (QED) is 0.551. The smallest absolute Gasteiger partial charge is 0.127 e. The van der Waals surface area contributed by atoms with Gasteiger partial charge in [0.15, 0.2) is 0 Å². The van der Waals surface area contributed by atoms with Crippen molar-refractivity contribution >= 4 is 38.5 Å². The van der Waals surface area contributed by atoms with Gasteiger partial charge in [-0.2, -0.15) is 0 Å². The molecule has 0 saturated carbocycles. The minimum atomic E-state index is -0.141. The zero-order valence-corrected chi connectivity index (χ0v) is 8.82. The fourth-order valence-electron chi connectivity index (χ4n) is 0.646. The third-order valence-electron chi connectivity index (χ3n) is 1.15. The third-order valence-corrected chi connectivity index (χ3v) is 2.43. The van der Waals surface area contributed by atoms with E-state index in [-0.39, 0.29) is 5.82 Å². The van der Waals surface area contributed by atoms with Crippen molar-refractivity contribution in [1.82, 2.24) is 0 Å². The second kappa shape index (κ2) is 3.67. The molecule has 0 saturated heterocycles. The molecule has 0 aliphatic rings. The molecule has 0 heterocycles. The summed E-state index contributed by atoms with van der Waals surface area (Å²) in [5.74, 6) is -0.141. The zero-order valence-electron chi connectivity index (χ0n) is 5.07. The van der Waals surface area contributed by atoms with Gasteiger partial charge >= 0.3 is 0 Å². The standard InChI is InChI=1S/C7H5BrFI/c8-4-5-3-6(10)1-2-7(5)9/h1-3H,4H2. The second-order valence-electron chi connectivity index (χ2n) is 1.87. The molecule has 0 aromatic heterocycles. The molecule has 0 bridgehead atoms. The van der Waals surface area contributed by atoms with Crippen LogP contribution in [0.1, 0.15) is 5.56 Å². The molecule has 0 radical (unpaired) electrons. The predicted molar refractivity (Wildman–Crippen MR) is 51.7 cm³/mol. The number of halogens is 3. The zero-order chi connectivity index (χ0) is 7.56. The number of hydrogen-bond donors (Lipinski definition) is 0. The second-order valence-corrected chi connectivity index (χ2v) is 3.68. The minimum absolute atomic E-state index is 0.141. The molecular formula is C7H5BrFI. The van der Waals surface area contributed by atoms with Gasteiger partial charge in [-0.3, -0.25) is 0 Å². The largest absolute Gasteiger partial charge is 0.207 e. The molecule has 0 fully saturated rings. The van der Waals surface area contributed by atoms with Crippen molar-refractivity contribution < 1.29 is 4.39 Å². The van der Waals surface area contributed by atoms with E-state index in [1.807, 2.05) is 6.07 Å². The average molecular weight is 315 g/mol. The summed E-state index contributed by atoms with van der Waals surface area (Å²) < 4.78 is 13.8. The summed E-state index contributed by atoms with van der Waals surface area (Å²) in [4.78, 5) is 0. The number of rotatable bonds is 1. The topological polar surface area (TPSA) is 0 Å². The van der Waals surface area contributed by atoms with Crippen LogP contribution in [0, 0.1) is 9.39 Å². The Morgan fingerprint density at radius 3 is 2.70 bits per heavy atom. The molecule has 10 heavy (non-hydrogen) atoms. The Morgan fingerprint density at radius 2 is 2.20 bits per heavy atom. The van der Waals surface area contributed by atoms with Crippen molar-refractivity contribution in [2.75, 3.05) is 0 Å². The van der Waals surface area contributed by atoms with Gasteiger partial charge in [0.25, 0.3) is 0 Å². The lowest BCUT2D eigenvalue weighted by Crippen LogP contribution is -1.85. The first-order chi connectivity index (χ1) is 4.74. The number of benzene rings is 1. The summed E-state index contributed by atoms with van der Waals surface area (Å²) in [7, 11) is 0. The molecule has 0 nitrogen and oxygen atoms in total. The van der Waals surface area contributed by atoms with Crippen LogP contribution in [0.5, 0.6) is 0 Å². The summed E-state index contributed by atoms with van der Waals surface area (Å²) in [6.07, 6.45) is 0. The summed E-state index contributed by atoms with van der Waals surface area (Å²) in [6.45, 7) is 0. The maximum absolute atomic E-state index is 12.7. The molecule has 54 valence electrons. The van der Waals surface area contributed by atoms with Crippen LogP contribution >= 0.6 is 38.5 Å². The fourth-order valence-corrected chi connectivity index (χ4v) is 1.63. The fraction of sp³-hybridized carbons (Fsp3) is 0.143. The van der Waals surface area contributed by atoms with Crippen molar-refractivity contribution in [3.05, 3.63) is 33.1 Å². The van der Waals surface area contributed by atoms with E-state index in [1.54, 1.807) is 6.07 Å². The van der Waals surface area contributed by atoms with Gasteiger partial charge in [-0.05, 0) is 46.4 Å². The van der Waals surface area contributed by atoms with Crippen LogP contribution in [0.4, 0.5) is 4.39 Å². The van der Waals surface area contributed by atoms with Gasteiger partial charge < -0.3 is 0 Å². The average Bonchev–Trinajstić information content (AvgIpc) is 1.94. The van der Waals surface area contributed by atoms with Gasteiger partial charge in [0.05, 0.1) is 0 Å². The van der Waals surface area contributed by atoms with E-state index < -0.39 is 0 Å². The summed E-state index contributed by atoms with van der Waals surface area (Å²) in [6, 6.07) is 5.06. The molecule has 1 aromatic carbocycles. The molecule has 0 atom stereocenters. The lowest BCUT2D eigenvalue weighted by molar-refractivity contribution is 0.617. The van der Waals surface area contributed by atoms with Crippen molar-refractivity contribution in [3.8, 4) is 0 Å². The van der Waals surface area contributed by atoms with Crippen molar-refractivity contribution in [2.45, 2.75) is 5.33 Å². The van der Waals surface area contributed by atoms with Crippen molar-refractivity contribution in [3.63, 3.8) is 0 Å². The molecule has 0 unspecified atom stereocenters. The summed E-state index contributed by atoms with van der Waals surface area (Å²) >= 11 is 5.36. The molecule has 0 aliphatic heterocycles. The molecule has 0 amide bonds. The monoisotopic (exact) mass is 314 g/mol. The van der Waals surface area contributed by atoms with E-state index in [2.05, 4.69) is 38.5 Å². The number of hydrogen-bond acceptors (Lipinski definition) is 0. The van der Waals surface area contributed by atoms with E-state index in [0.29, 0.717) is 10.9 Å². The lowest BCUT2D eigenvalue weighted by atomic mass is 10.2. The van der Waals surface area contributed by atoms with Crippen molar-refractivity contribution in [1.29, 1.82) is 0 Å². The van der Waals surface area contributed by atoms with E-state index in [0.717, 1.165) is 3.57 Å².